The second kappa shape index (κ2) is 7.19. The van der Waals surface area contributed by atoms with Crippen LogP contribution in [-0.2, 0) is 0 Å². The summed E-state index contributed by atoms with van der Waals surface area (Å²) in [7, 11) is 0. The number of allylic oxidation sites excluding steroid dienone is 2. The van der Waals surface area contributed by atoms with Crippen molar-refractivity contribution in [3.05, 3.63) is 11.4 Å². The van der Waals surface area contributed by atoms with Crippen molar-refractivity contribution in [2.75, 3.05) is 0 Å². The molecule has 0 radical (unpaired) electrons. The molecule has 3 rings (SSSR count). The fraction of sp³-hybridized carbons (Fsp3) is 0.900. The molecule has 0 aromatic rings. The molecule has 3 aliphatic rings. The minimum Gasteiger partial charge on any atom is -0.244 e. The molecule has 0 N–H and O–H groups in total. The van der Waals surface area contributed by atoms with Crippen molar-refractivity contribution in [2.24, 2.45) is 29.6 Å². The number of rotatable bonds is 2. The molecule has 0 amide bonds. The Balaban J connectivity index is 1.63. The van der Waals surface area contributed by atoms with Gasteiger partial charge in [-0.05, 0) is 73.7 Å². The lowest BCUT2D eigenvalue weighted by atomic mass is 9.68. The third-order valence-corrected chi connectivity index (χ3v) is 6.85. The molecule has 2 fully saturated rings. The molecule has 132 valence electrons. The molecule has 2 saturated carbocycles. The van der Waals surface area contributed by atoms with Crippen LogP contribution in [0.1, 0.15) is 71.6 Å². The maximum atomic E-state index is 14.7. The lowest BCUT2D eigenvalue weighted by Crippen LogP contribution is -2.35. The summed E-state index contributed by atoms with van der Waals surface area (Å²) in [5.41, 5.74) is 0.826. The van der Waals surface area contributed by atoms with Gasteiger partial charge in [-0.25, -0.2) is 13.2 Å². The van der Waals surface area contributed by atoms with Gasteiger partial charge in [-0.3, -0.25) is 0 Å². The average Bonchev–Trinajstić information content (AvgIpc) is 2.53. The van der Waals surface area contributed by atoms with E-state index >= 15 is 0 Å². The van der Waals surface area contributed by atoms with E-state index in [1.807, 2.05) is 0 Å². The van der Waals surface area contributed by atoms with Gasteiger partial charge >= 0.3 is 0 Å². The summed E-state index contributed by atoms with van der Waals surface area (Å²) < 4.78 is 42.2. The summed E-state index contributed by atoms with van der Waals surface area (Å²) in [5.74, 6) is 1.63. The molecule has 0 heterocycles. The van der Waals surface area contributed by atoms with Crippen molar-refractivity contribution in [1.82, 2.24) is 0 Å². The summed E-state index contributed by atoms with van der Waals surface area (Å²) in [4.78, 5) is 0. The number of alkyl halides is 2. The zero-order chi connectivity index (χ0) is 16.6. The van der Waals surface area contributed by atoms with E-state index in [1.54, 1.807) is 6.92 Å². The van der Waals surface area contributed by atoms with Gasteiger partial charge in [0.05, 0.1) is 5.83 Å². The van der Waals surface area contributed by atoms with E-state index in [0.29, 0.717) is 24.7 Å². The monoisotopic (exact) mass is 328 g/mol. The minimum absolute atomic E-state index is 0.0154. The van der Waals surface area contributed by atoms with Crippen LogP contribution in [0.15, 0.2) is 11.4 Å². The van der Waals surface area contributed by atoms with Crippen molar-refractivity contribution < 1.29 is 13.2 Å². The van der Waals surface area contributed by atoms with Crippen LogP contribution >= 0.6 is 0 Å². The highest BCUT2D eigenvalue weighted by Crippen LogP contribution is 2.46. The summed E-state index contributed by atoms with van der Waals surface area (Å²) in [5, 5.41) is 0. The Morgan fingerprint density at radius 1 is 0.870 bits per heavy atom. The highest BCUT2D eigenvalue weighted by Gasteiger charge is 2.40. The summed E-state index contributed by atoms with van der Waals surface area (Å²) in [6.07, 6.45) is 5.41. The molecule has 23 heavy (non-hydrogen) atoms. The normalized spacial score (nSPS) is 46.0. The maximum absolute atomic E-state index is 14.7. The van der Waals surface area contributed by atoms with E-state index in [1.165, 1.54) is 25.7 Å². The van der Waals surface area contributed by atoms with E-state index in [2.05, 4.69) is 6.92 Å². The van der Waals surface area contributed by atoms with Crippen LogP contribution in [0.4, 0.5) is 13.2 Å². The largest absolute Gasteiger partial charge is 0.244 e. The van der Waals surface area contributed by atoms with E-state index < -0.39 is 12.3 Å². The van der Waals surface area contributed by atoms with Gasteiger partial charge in [0.1, 0.15) is 12.3 Å². The molecule has 0 aliphatic heterocycles. The van der Waals surface area contributed by atoms with E-state index in [9.17, 15) is 13.2 Å². The molecule has 5 unspecified atom stereocenters. The van der Waals surface area contributed by atoms with Crippen LogP contribution < -0.4 is 0 Å². The van der Waals surface area contributed by atoms with Crippen molar-refractivity contribution >= 4 is 0 Å². The van der Waals surface area contributed by atoms with Gasteiger partial charge in [-0.2, -0.15) is 0 Å². The van der Waals surface area contributed by atoms with Crippen LogP contribution in [0, 0.1) is 29.6 Å². The predicted octanol–water partition coefficient (Wildman–Crippen LogP) is 6.56. The Bertz CT molecular complexity index is 424. The molecular formula is C20H31F3. The molecule has 0 spiro atoms. The molecule has 0 aromatic carbocycles. The zero-order valence-electron chi connectivity index (χ0n) is 14.5. The van der Waals surface area contributed by atoms with Gasteiger partial charge in [0.25, 0.3) is 0 Å². The minimum atomic E-state index is -1.42. The Hall–Kier alpha value is -0.470. The van der Waals surface area contributed by atoms with Gasteiger partial charge in [0.2, 0.25) is 0 Å². The molecule has 3 heteroatoms. The Labute approximate surface area is 138 Å². The Morgan fingerprint density at radius 3 is 2.17 bits per heavy atom. The number of hydrogen-bond acceptors (Lipinski definition) is 0. The molecule has 0 bridgehead atoms. The van der Waals surface area contributed by atoms with Crippen molar-refractivity contribution in [1.29, 1.82) is 0 Å². The predicted molar refractivity (Wildman–Crippen MR) is 88.3 cm³/mol. The van der Waals surface area contributed by atoms with Crippen LogP contribution in [-0.4, -0.2) is 12.3 Å². The highest BCUT2D eigenvalue weighted by atomic mass is 19.2. The van der Waals surface area contributed by atoms with Gasteiger partial charge in [0.15, 0.2) is 0 Å². The molecule has 3 aliphatic carbocycles. The summed E-state index contributed by atoms with van der Waals surface area (Å²) in [6, 6.07) is 0. The second-order valence-electron chi connectivity index (χ2n) is 8.56. The molecule has 0 aromatic heterocycles. The summed E-state index contributed by atoms with van der Waals surface area (Å²) in [6.45, 7) is 4.07. The SMILES string of the molecule is CC1CCC(C2CCC(C3CC(C)C(F)C(F)C3)=C(F)C2)CC1. The van der Waals surface area contributed by atoms with E-state index in [4.69, 9.17) is 0 Å². The third-order valence-electron chi connectivity index (χ3n) is 6.85. The van der Waals surface area contributed by atoms with Gasteiger partial charge < -0.3 is 0 Å². The average molecular weight is 328 g/mol. The summed E-state index contributed by atoms with van der Waals surface area (Å²) >= 11 is 0. The number of hydrogen-bond donors (Lipinski definition) is 0. The van der Waals surface area contributed by atoms with Crippen LogP contribution in [0.2, 0.25) is 0 Å². The second-order valence-corrected chi connectivity index (χ2v) is 8.56. The quantitative estimate of drug-likeness (QED) is 0.538. The highest BCUT2D eigenvalue weighted by molar-refractivity contribution is 5.18. The van der Waals surface area contributed by atoms with E-state index in [-0.39, 0.29) is 24.1 Å². The van der Waals surface area contributed by atoms with Crippen molar-refractivity contribution in [3.8, 4) is 0 Å². The molecule has 0 saturated heterocycles. The molecular weight excluding hydrogens is 297 g/mol. The van der Waals surface area contributed by atoms with Crippen LogP contribution in [0.5, 0.6) is 0 Å². The van der Waals surface area contributed by atoms with Crippen LogP contribution in [0.25, 0.3) is 0 Å². The first-order valence-corrected chi connectivity index (χ1v) is 9.61. The fourth-order valence-electron chi connectivity index (χ4n) is 5.24. The standard InChI is InChI=1S/C20H31F3/c1-12-3-5-14(6-4-12)15-7-8-17(18(21)10-15)16-9-13(2)20(23)19(22)11-16/h12-16,19-20H,3-11H2,1-2H3. The van der Waals surface area contributed by atoms with Gasteiger partial charge in [-0.1, -0.05) is 26.7 Å². The fourth-order valence-corrected chi connectivity index (χ4v) is 5.24. The topological polar surface area (TPSA) is 0 Å². The van der Waals surface area contributed by atoms with Gasteiger partial charge in [-0.15, -0.1) is 0 Å². The lowest BCUT2D eigenvalue weighted by Gasteiger charge is -2.39. The maximum Gasteiger partial charge on any atom is 0.134 e. The Morgan fingerprint density at radius 2 is 1.57 bits per heavy atom. The lowest BCUT2D eigenvalue weighted by molar-refractivity contribution is 0.0520. The third kappa shape index (κ3) is 3.79. The van der Waals surface area contributed by atoms with Crippen LogP contribution in [0.3, 0.4) is 0 Å². The zero-order valence-corrected chi connectivity index (χ0v) is 14.5. The molecule has 0 nitrogen and oxygen atoms in total. The van der Waals surface area contributed by atoms with E-state index in [0.717, 1.165) is 24.3 Å². The smallest absolute Gasteiger partial charge is 0.134 e. The first-order valence-electron chi connectivity index (χ1n) is 9.61. The first-order chi connectivity index (χ1) is 11.0. The molecule has 5 atom stereocenters. The van der Waals surface area contributed by atoms with Gasteiger partial charge in [0, 0.05) is 6.42 Å². The van der Waals surface area contributed by atoms with Crippen molar-refractivity contribution in [3.63, 3.8) is 0 Å². The Kier molecular flexibility index (Phi) is 5.42. The first kappa shape index (κ1) is 17.4. The van der Waals surface area contributed by atoms with Crippen molar-refractivity contribution in [2.45, 2.75) is 84.0 Å². The number of halogens is 3.